The lowest BCUT2D eigenvalue weighted by molar-refractivity contribution is -0.139. The average Bonchev–Trinajstić information content (AvgIpc) is 3.17. The Bertz CT molecular complexity index is 2090. The minimum atomic E-state index is -4.30. The molecule has 11 heteroatoms. The highest BCUT2D eigenvalue weighted by atomic mass is 35.5. The van der Waals surface area contributed by atoms with E-state index in [1.165, 1.54) is 49.4 Å². The van der Waals surface area contributed by atoms with E-state index in [1.54, 1.807) is 19.1 Å². The van der Waals surface area contributed by atoms with Crippen LogP contribution in [0.2, 0.25) is 5.02 Å². The molecule has 0 amide bonds. The summed E-state index contributed by atoms with van der Waals surface area (Å²) in [5.41, 5.74) is 7.45. The molecular formula is C51H63ClF7N3. The number of nitrogens with zero attached hydrogens (tertiary/aromatic N) is 3. The third-order valence-electron chi connectivity index (χ3n) is 9.94. The Morgan fingerprint density at radius 3 is 1.26 bits per heavy atom. The molecule has 0 saturated carbocycles. The van der Waals surface area contributed by atoms with Crippen molar-refractivity contribution < 1.29 is 30.7 Å². The minimum absolute atomic E-state index is 0.0295. The topological polar surface area (TPSA) is 49.6 Å². The summed E-state index contributed by atoms with van der Waals surface area (Å²) in [7, 11) is 0. The smallest absolute Gasteiger partial charge is 0.261 e. The molecule has 0 bridgehead atoms. The monoisotopic (exact) mass is 885 g/mol. The molecule has 62 heavy (non-hydrogen) atoms. The second kappa shape index (κ2) is 24.8. The Balaban J connectivity index is 0.000000389. The van der Waals surface area contributed by atoms with Gasteiger partial charge in [0.1, 0.15) is 5.82 Å². The Labute approximate surface area is 370 Å². The highest BCUT2D eigenvalue weighted by Crippen LogP contribution is 2.34. The normalized spacial score (nSPS) is 11.2. The van der Waals surface area contributed by atoms with E-state index in [9.17, 15) is 30.7 Å². The second-order valence-corrected chi connectivity index (χ2v) is 17.2. The standard InChI is InChI=1S/C11H13F3.C11H13N.C10H12F3N.C10H13F.C9H12ClN/c1-7(2)9-5-4-8(3)10(6-9)11(12,13)14;1-8(2)10-5-4-9(3)11(6-10)7-12;1-6(2)8-4-9(10(11,12)13)7(3)14-5-8;1-7(2)9-5-4-8(3)10(11)6-9;1-6(2)8-4-9(10)7(3)11-5-8/h4-7H,1-3H3;4-6,8H,1-3H3;4-6H,1-3H3;4-7H,1-3H3;4-6H,1-3H3. The molecule has 0 unspecified atom stereocenters. The first-order chi connectivity index (χ1) is 28.5. The molecule has 0 aliphatic rings. The van der Waals surface area contributed by atoms with Gasteiger partial charge in [-0.15, -0.1) is 0 Å². The number of halogens is 8. The molecule has 0 N–H and O–H groups in total. The van der Waals surface area contributed by atoms with E-state index in [0.717, 1.165) is 38.5 Å². The largest absolute Gasteiger partial charge is 0.418 e. The second-order valence-electron chi connectivity index (χ2n) is 16.8. The van der Waals surface area contributed by atoms with Crippen LogP contribution in [0.3, 0.4) is 0 Å². The maximum absolute atomic E-state index is 12.9. The zero-order valence-corrected chi connectivity index (χ0v) is 39.5. The van der Waals surface area contributed by atoms with Crippen molar-refractivity contribution in [2.45, 2.75) is 146 Å². The Morgan fingerprint density at radius 2 is 0.855 bits per heavy atom. The number of benzene rings is 3. The molecule has 0 saturated heterocycles. The van der Waals surface area contributed by atoms with Crippen molar-refractivity contribution in [2.24, 2.45) is 0 Å². The lowest BCUT2D eigenvalue weighted by Crippen LogP contribution is -2.10. The van der Waals surface area contributed by atoms with E-state index < -0.39 is 23.5 Å². The fraction of sp³-hybridized carbons (Fsp3) is 0.431. The van der Waals surface area contributed by atoms with Crippen LogP contribution in [0.25, 0.3) is 0 Å². The molecule has 0 atom stereocenters. The number of nitriles is 1. The Kier molecular flexibility index (Phi) is 22.1. The first kappa shape index (κ1) is 55.3. The SMILES string of the molecule is Cc1ccc(C(C)C)cc1C#N.Cc1ccc(C(C)C)cc1C(F)(F)F.Cc1ccc(C(C)C)cc1F.Cc1ncc(C(C)C)cc1C(F)(F)F.Cc1ncc(C(C)C)cc1Cl. The van der Waals surface area contributed by atoms with E-state index in [1.807, 2.05) is 78.1 Å². The summed E-state index contributed by atoms with van der Waals surface area (Å²) in [6.07, 6.45) is -5.17. The predicted octanol–water partition coefficient (Wildman–Crippen LogP) is 17.1. The molecule has 3 aromatic carbocycles. The van der Waals surface area contributed by atoms with E-state index in [0.29, 0.717) is 23.3 Å². The van der Waals surface area contributed by atoms with Crippen molar-refractivity contribution in [2.75, 3.05) is 0 Å². The van der Waals surface area contributed by atoms with Crippen LogP contribution in [0.5, 0.6) is 0 Å². The molecule has 3 nitrogen and oxygen atoms in total. The van der Waals surface area contributed by atoms with Gasteiger partial charge in [-0.1, -0.05) is 117 Å². The third kappa shape index (κ3) is 18.3. The van der Waals surface area contributed by atoms with Crippen LogP contribution in [0.15, 0.2) is 79.1 Å². The maximum Gasteiger partial charge on any atom is 0.418 e. The van der Waals surface area contributed by atoms with Crippen LogP contribution in [0, 0.1) is 51.8 Å². The van der Waals surface area contributed by atoms with Gasteiger partial charge in [0.25, 0.3) is 0 Å². The van der Waals surface area contributed by atoms with Gasteiger partial charge in [-0.2, -0.15) is 31.6 Å². The highest BCUT2D eigenvalue weighted by molar-refractivity contribution is 6.31. The number of hydrogen-bond acceptors (Lipinski definition) is 3. The number of aryl methyl sites for hydroxylation is 5. The lowest BCUT2D eigenvalue weighted by atomic mass is 9.98. The summed E-state index contributed by atoms with van der Waals surface area (Å²) in [6, 6.07) is 21.3. The van der Waals surface area contributed by atoms with Crippen LogP contribution in [-0.4, -0.2) is 9.97 Å². The van der Waals surface area contributed by atoms with E-state index in [-0.39, 0.29) is 28.9 Å². The summed E-state index contributed by atoms with van der Waals surface area (Å²) in [4.78, 5) is 7.91. The maximum atomic E-state index is 12.9. The molecule has 0 aliphatic carbocycles. The number of hydrogen-bond donors (Lipinski definition) is 0. The van der Waals surface area contributed by atoms with Crippen LogP contribution >= 0.6 is 11.6 Å². The fourth-order valence-electron chi connectivity index (χ4n) is 5.38. The zero-order valence-electron chi connectivity index (χ0n) is 38.8. The number of alkyl halides is 6. The number of pyridine rings is 2. The molecular weight excluding hydrogens is 823 g/mol. The zero-order chi connectivity index (χ0) is 47.9. The van der Waals surface area contributed by atoms with Gasteiger partial charge in [-0.3, -0.25) is 9.97 Å². The van der Waals surface area contributed by atoms with Gasteiger partial charge in [0.05, 0.1) is 33.5 Å². The van der Waals surface area contributed by atoms with Gasteiger partial charge in [0.2, 0.25) is 0 Å². The van der Waals surface area contributed by atoms with Gasteiger partial charge in [-0.05, 0) is 139 Å². The van der Waals surface area contributed by atoms with Crippen molar-refractivity contribution in [3.05, 3.63) is 163 Å². The van der Waals surface area contributed by atoms with E-state index in [4.69, 9.17) is 16.9 Å². The molecule has 2 heterocycles. The molecule has 0 fully saturated rings. The van der Waals surface area contributed by atoms with E-state index >= 15 is 0 Å². The van der Waals surface area contributed by atoms with Gasteiger partial charge in [0.15, 0.2) is 0 Å². The molecule has 338 valence electrons. The molecule has 2 aromatic heterocycles. The van der Waals surface area contributed by atoms with Crippen LogP contribution in [-0.2, 0) is 12.4 Å². The van der Waals surface area contributed by atoms with Crippen molar-refractivity contribution in [3.63, 3.8) is 0 Å². The van der Waals surface area contributed by atoms with Crippen LogP contribution < -0.4 is 0 Å². The molecule has 0 aliphatic heterocycles. The Morgan fingerprint density at radius 1 is 0.484 bits per heavy atom. The molecule has 0 radical (unpaired) electrons. The predicted molar refractivity (Wildman–Crippen MR) is 242 cm³/mol. The number of rotatable bonds is 5. The molecule has 5 rings (SSSR count). The van der Waals surface area contributed by atoms with Gasteiger partial charge in [0, 0.05) is 18.1 Å². The third-order valence-corrected chi connectivity index (χ3v) is 10.3. The lowest BCUT2D eigenvalue weighted by Gasteiger charge is -2.13. The number of aromatic nitrogens is 2. The van der Waals surface area contributed by atoms with Gasteiger partial charge in [-0.25, -0.2) is 4.39 Å². The van der Waals surface area contributed by atoms with Crippen LogP contribution in [0.1, 0.15) is 171 Å². The van der Waals surface area contributed by atoms with Crippen molar-refractivity contribution in [1.29, 1.82) is 5.26 Å². The van der Waals surface area contributed by atoms with Crippen LogP contribution in [0.4, 0.5) is 30.7 Å². The van der Waals surface area contributed by atoms with E-state index in [2.05, 4.69) is 63.6 Å². The summed E-state index contributed by atoms with van der Waals surface area (Å²) in [5, 5.41) is 9.54. The summed E-state index contributed by atoms with van der Waals surface area (Å²) in [5.74, 6) is 1.49. The quantitative estimate of drug-likeness (QED) is 0.165. The van der Waals surface area contributed by atoms with Crippen molar-refractivity contribution in [1.82, 2.24) is 9.97 Å². The fourth-order valence-corrected chi connectivity index (χ4v) is 5.56. The van der Waals surface area contributed by atoms with Gasteiger partial charge >= 0.3 is 12.4 Å². The molecule has 0 spiro atoms. The first-order valence-corrected chi connectivity index (χ1v) is 21.0. The summed E-state index contributed by atoms with van der Waals surface area (Å²) in [6.45, 7) is 28.6. The molecule has 5 aromatic rings. The first-order valence-electron chi connectivity index (χ1n) is 20.6. The van der Waals surface area contributed by atoms with Crippen molar-refractivity contribution in [3.8, 4) is 6.07 Å². The minimum Gasteiger partial charge on any atom is -0.261 e. The highest BCUT2D eigenvalue weighted by Gasteiger charge is 2.34. The average molecular weight is 887 g/mol. The van der Waals surface area contributed by atoms with Crippen molar-refractivity contribution >= 4 is 11.6 Å². The summed E-state index contributed by atoms with van der Waals surface area (Å²) >= 11 is 5.90. The Hall–Kier alpha value is -4.75. The van der Waals surface area contributed by atoms with Gasteiger partial charge < -0.3 is 0 Å². The summed E-state index contributed by atoms with van der Waals surface area (Å²) < 4.78 is 87.8.